The Morgan fingerprint density at radius 2 is 2.07 bits per heavy atom. The number of nitrogens with one attached hydrogen (secondary N) is 3. The van der Waals surface area contributed by atoms with Gasteiger partial charge in [-0.05, 0) is 56.7 Å². The van der Waals surface area contributed by atoms with Crippen LogP contribution in [0.5, 0.6) is 0 Å². The molecular weight excluding hydrogens is 372 g/mol. The van der Waals surface area contributed by atoms with E-state index in [1.165, 1.54) is 6.20 Å². The SMILES string of the molecule is CC(C)(C)OC(=O)N1CCC(Nc2ccc(NC=C(C#N)c3nn[nH]n3)cc2)C1. The number of aromatic amines is 1. The maximum absolute atomic E-state index is 12.2. The highest BCUT2D eigenvalue weighted by atomic mass is 16.6. The summed E-state index contributed by atoms with van der Waals surface area (Å²) in [5.74, 6) is 0.231. The summed E-state index contributed by atoms with van der Waals surface area (Å²) in [5, 5.41) is 29.0. The van der Waals surface area contributed by atoms with E-state index in [1.54, 1.807) is 4.90 Å². The smallest absolute Gasteiger partial charge is 0.410 e. The summed E-state index contributed by atoms with van der Waals surface area (Å²) in [4.78, 5) is 13.9. The van der Waals surface area contributed by atoms with Crippen LogP contribution < -0.4 is 10.6 Å². The summed E-state index contributed by atoms with van der Waals surface area (Å²) in [5.41, 5.74) is 1.55. The molecule has 1 unspecified atom stereocenters. The van der Waals surface area contributed by atoms with Crippen molar-refractivity contribution in [2.75, 3.05) is 23.7 Å². The molecule has 0 spiro atoms. The number of benzene rings is 1. The molecule has 2 heterocycles. The van der Waals surface area contributed by atoms with E-state index in [1.807, 2.05) is 51.1 Å². The van der Waals surface area contributed by atoms with Crippen LogP contribution in [-0.2, 0) is 4.74 Å². The first-order chi connectivity index (χ1) is 13.8. The first-order valence-electron chi connectivity index (χ1n) is 9.29. The van der Waals surface area contributed by atoms with Crippen molar-refractivity contribution in [3.63, 3.8) is 0 Å². The zero-order valence-electron chi connectivity index (χ0n) is 16.6. The molecule has 0 saturated carbocycles. The van der Waals surface area contributed by atoms with Crippen LogP contribution >= 0.6 is 0 Å². The second kappa shape index (κ2) is 8.60. The number of tetrazole rings is 1. The Morgan fingerprint density at radius 3 is 2.69 bits per heavy atom. The highest BCUT2D eigenvalue weighted by molar-refractivity contribution is 5.74. The number of amides is 1. The summed E-state index contributed by atoms with van der Waals surface area (Å²) in [6.07, 6.45) is 2.12. The second-order valence-corrected chi connectivity index (χ2v) is 7.68. The number of carbonyl (C=O) groups excluding carboxylic acids is 1. The molecule has 1 saturated heterocycles. The van der Waals surface area contributed by atoms with Gasteiger partial charge in [-0.2, -0.15) is 10.5 Å². The summed E-state index contributed by atoms with van der Waals surface area (Å²) in [6, 6.07) is 9.85. The average molecular weight is 396 g/mol. The van der Waals surface area contributed by atoms with Gasteiger partial charge in [-0.3, -0.25) is 0 Å². The molecule has 1 aromatic carbocycles. The number of hydrogen-bond donors (Lipinski definition) is 3. The van der Waals surface area contributed by atoms with Gasteiger partial charge in [0.2, 0.25) is 5.82 Å². The zero-order valence-corrected chi connectivity index (χ0v) is 16.6. The highest BCUT2D eigenvalue weighted by Gasteiger charge is 2.29. The minimum atomic E-state index is -0.491. The minimum Gasteiger partial charge on any atom is -0.444 e. The third kappa shape index (κ3) is 5.68. The lowest BCUT2D eigenvalue weighted by atomic mass is 10.2. The van der Waals surface area contributed by atoms with Crippen LogP contribution in [0, 0.1) is 11.3 Å². The molecule has 0 radical (unpaired) electrons. The van der Waals surface area contributed by atoms with Crippen LogP contribution in [0.2, 0.25) is 0 Å². The van der Waals surface area contributed by atoms with Crippen molar-refractivity contribution >= 4 is 23.0 Å². The first-order valence-corrected chi connectivity index (χ1v) is 9.29. The lowest BCUT2D eigenvalue weighted by molar-refractivity contribution is 0.0293. The fourth-order valence-corrected chi connectivity index (χ4v) is 2.85. The Kier molecular flexibility index (Phi) is 5.97. The molecule has 10 heteroatoms. The Hall–Kier alpha value is -3.61. The molecule has 1 aliphatic heterocycles. The van der Waals surface area contributed by atoms with E-state index in [-0.39, 0.29) is 23.5 Å². The minimum absolute atomic E-state index is 0.171. The third-order valence-electron chi connectivity index (χ3n) is 4.19. The number of ether oxygens (including phenoxy) is 1. The van der Waals surface area contributed by atoms with E-state index in [0.717, 1.165) is 17.8 Å². The molecular formula is C19H24N8O2. The van der Waals surface area contributed by atoms with Gasteiger partial charge in [0.15, 0.2) is 0 Å². The fraction of sp³-hybridized carbons (Fsp3) is 0.421. The first kappa shape index (κ1) is 20.1. The summed E-state index contributed by atoms with van der Waals surface area (Å²) < 4.78 is 5.43. The Balaban J connectivity index is 1.52. The molecule has 0 aliphatic carbocycles. The molecule has 3 N–H and O–H groups in total. The number of anilines is 2. The lowest BCUT2D eigenvalue weighted by Gasteiger charge is -2.24. The predicted molar refractivity (Wildman–Crippen MR) is 108 cm³/mol. The van der Waals surface area contributed by atoms with Gasteiger partial charge in [-0.15, -0.1) is 10.2 Å². The number of aromatic nitrogens is 4. The van der Waals surface area contributed by atoms with Crippen molar-refractivity contribution in [1.29, 1.82) is 5.26 Å². The average Bonchev–Trinajstić information content (AvgIpc) is 3.34. The molecule has 152 valence electrons. The van der Waals surface area contributed by atoms with Crippen LogP contribution in [0.15, 0.2) is 30.5 Å². The summed E-state index contributed by atoms with van der Waals surface area (Å²) >= 11 is 0. The lowest BCUT2D eigenvalue weighted by Crippen LogP contribution is -2.36. The largest absolute Gasteiger partial charge is 0.444 e. The zero-order chi connectivity index (χ0) is 20.9. The Labute approximate surface area is 168 Å². The summed E-state index contributed by atoms with van der Waals surface area (Å²) in [7, 11) is 0. The number of H-pyrrole nitrogens is 1. The van der Waals surface area contributed by atoms with Crippen LogP contribution in [0.25, 0.3) is 5.57 Å². The van der Waals surface area contributed by atoms with Crippen LogP contribution in [0.3, 0.4) is 0 Å². The van der Waals surface area contributed by atoms with E-state index in [4.69, 9.17) is 4.74 Å². The number of nitrogens with zero attached hydrogens (tertiary/aromatic N) is 5. The van der Waals surface area contributed by atoms with Crippen LogP contribution in [0.4, 0.5) is 16.2 Å². The normalized spacial score (nSPS) is 17.0. The van der Waals surface area contributed by atoms with Crippen molar-refractivity contribution in [1.82, 2.24) is 25.5 Å². The van der Waals surface area contributed by atoms with Gasteiger partial charge >= 0.3 is 6.09 Å². The molecule has 1 atom stereocenters. The molecule has 1 aromatic heterocycles. The maximum atomic E-state index is 12.2. The summed E-state index contributed by atoms with van der Waals surface area (Å²) in [6.45, 7) is 6.87. The van der Waals surface area contributed by atoms with Crippen LogP contribution in [-0.4, -0.2) is 56.3 Å². The van der Waals surface area contributed by atoms with Gasteiger partial charge in [-0.25, -0.2) is 4.79 Å². The second-order valence-electron chi connectivity index (χ2n) is 7.68. The number of nitriles is 1. The third-order valence-corrected chi connectivity index (χ3v) is 4.19. The van der Waals surface area contributed by atoms with Gasteiger partial charge in [0.25, 0.3) is 0 Å². The van der Waals surface area contributed by atoms with E-state index in [2.05, 4.69) is 31.3 Å². The molecule has 10 nitrogen and oxygen atoms in total. The van der Waals surface area contributed by atoms with Crippen molar-refractivity contribution in [3.05, 3.63) is 36.3 Å². The fourth-order valence-electron chi connectivity index (χ4n) is 2.85. The van der Waals surface area contributed by atoms with E-state index in [0.29, 0.717) is 13.1 Å². The number of rotatable bonds is 5. The molecule has 0 bridgehead atoms. The Bertz CT molecular complexity index is 894. The molecule has 1 fully saturated rings. The van der Waals surface area contributed by atoms with Crippen LogP contribution in [0.1, 0.15) is 33.0 Å². The molecule has 29 heavy (non-hydrogen) atoms. The van der Waals surface area contributed by atoms with E-state index >= 15 is 0 Å². The molecule has 3 rings (SSSR count). The quantitative estimate of drug-likeness (QED) is 0.657. The van der Waals surface area contributed by atoms with Gasteiger partial charge in [-0.1, -0.05) is 0 Å². The number of hydrogen-bond acceptors (Lipinski definition) is 8. The van der Waals surface area contributed by atoms with Gasteiger partial charge < -0.3 is 20.3 Å². The monoisotopic (exact) mass is 396 g/mol. The highest BCUT2D eigenvalue weighted by Crippen LogP contribution is 2.20. The molecule has 2 aromatic rings. The van der Waals surface area contributed by atoms with Crippen molar-refractivity contribution in [3.8, 4) is 6.07 Å². The van der Waals surface area contributed by atoms with Crippen molar-refractivity contribution in [2.24, 2.45) is 0 Å². The van der Waals surface area contributed by atoms with Crippen molar-refractivity contribution < 1.29 is 9.53 Å². The van der Waals surface area contributed by atoms with E-state index in [9.17, 15) is 10.1 Å². The molecule has 1 aliphatic rings. The van der Waals surface area contributed by atoms with Gasteiger partial charge in [0.05, 0.1) is 0 Å². The molecule has 1 amide bonds. The number of likely N-dealkylation sites (tertiary alicyclic amines) is 1. The predicted octanol–water partition coefficient (Wildman–Crippen LogP) is 2.60. The number of carbonyl (C=O) groups is 1. The van der Waals surface area contributed by atoms with Crippen molar-refractivity contribution in [2.45, 2.75) is 38.8 Å². The van der Waals surface area contributed by atoms with Gasteiger partial charge in [0.1, 0.15) is 17.2 Å². The standard InChI is InChI=1S/C19H24N8O2/c1-19(2,3)29-18(28)27-9-8-16(12-27)22-15-6-4-14(5-7-15)21-11-13(10-20)17-23-25-26-24-17/h4-7,11,16,21-22H,8-9,12H2,1-3H3,(H,23,24,25,26). The van der Waals surface area contributed by atoms with Gasteiger partial charge in [0, 0.05) is 36.7 Å². The number of allylic oxidation sites excluding steroid dienone is 1. The topological polar surface area (TPSA) is 132 Å². The Morgan fingerprint density at radius 1 is 1.34 bits per heavy atom. The van der Waals surface area contributed by atoms with E-state index < -0.39 is 5.60 Å². The maximum Gasteiger partial charge on any atom is 0.410 e.